The maximum Gasteiger partial charge on any atom is 0.573 e. The zero-order valence-corrected chi connectivity index (χ0v) is 17.5. The summed E-state index contributed by atoms with van der Waals surface area (Å²) in [5.74, 6) is 0.291. The molecule has 1 aliphatic heterocycles. The molecular formula is C24H19F3N2O3. The van der Waals surface area contributed by atoms with Gasteiger partial charge in [-0.15, -0.1) is 13.2 Å². The van der Waals surface area contributed by atoms with Crippen molar-refractivity contribution in [2.24, 2.45) is 5.10 Å². The Hall–Kier alpha value is -3.81. The molecule has 32 heavy (non-hydrogen) atoms. The van der Waals surface area contributed by atoms with E-state index in [1.165, 1.54) is 29.3 Å². The lowest BCUT2D eigenvalue weighted by molar-refractivity contribution is -0.274. The Balaban J connectivity index is 1.54. The summed E-state index contributed by atoms with van der Waals surface area (Å²) in [6, 6.07) is 14.4. The van der Waals surface area contributed by atoms with E-state index in [9.17, 15) is 18.0 Å². The lowest BCUT2D eigenvalue weighted by Crippen LogP contribution is -2.21. The van der Waals surface area contributed by atoms with Crippen molar-refractivity contribution < 1.29 is 27.1 Å². The van der Waals surface area contributed by atoms with Gasteiger partial charge >= 0.3 is 6.36 Å². The molecule has 0 fully saturated rings. The number of ether oxygens (including phenoxy) is 1. The number of anilines is 1. The summed E-state index contributed by atoms with van der Waals surface area (Å²) < 4.78 is 46.6. The van der Waals surface area contributed by atoms with Crippen LogP contribution in [0.5, 0.6) is 5.75 Å². The molecule has 1 amide bonds. The zero-order valence-electron chi connectivity index (χ0n) is 17.5. The lowest BCUT2D eigenvalue weighted by atomic mass is 10.1. The fourth-order valence-corrected chi connectivity index (χ4v) is 3.27. The van der Waals surface area contributed by atoms with Gasteiger partial charge in [0.2, 0.25) is 0 Å². The molecule has 0 atom stereocenters. The maximum absolute atomic E-state index is 12.9. The Kier molecular flexibility index (Phi) is 5.38. The van der Waals surface area contributed by atoms with Gasteiger partial charge in [0.1, 0.15) is 17.3 Å². The Bertz CT molecular complexity index is 1240. The first-order chi connectivity index (χ1) is 15.1. The van der Waals surface area contributed by atoms with Gasteiger partial charge in [0.25, 0.3) is 5.91 Å². The standard InChI is InChI=1S/C24H19F3N2O3/c1-14-4-7-18(12-15(14)2)29-23(30)21(16(3)28-29)13-20-10-11-22(31-20)17-5-8-19(9-6-17)32-24(25,26)27/h4-13H,1-3H3/b21-13+. The number of nitrogens with zero attached hydrogens (tertiary/aromatic N) is 2. The number of benzene rings is 2. The van der Waals surface area contributed by atoms with Crippen LogP contribution in [0.15, 0.2) is 69.7 Å². The number of hydrogen-bond donors (Lipinski definition) is 0. The molecule has 164 valence electrons. The lowest BCUT2D eigenvalue weighted by Gasteiger charge is -2.13. The molecule has 3 aromatic rings. The third-order valence-electron chi connectivity index (χ3n) is 5.08. The van der Waals surface area contributed by atoms with Gasteiger partial charge < -0.3 is 9.15 Å². The van der Waals surface area contributed by atoms with Crippen LogP contribution in [0.2, 0.25) is 0 Å². The minimum atomic E-state index is -4.75. The summed E-state index contributed by atoms with van der Waals surface area (Å²) in [6.07, 6.45) is -3.14. The third kappa shape index (κ3) is 4.44. The molecule has 1 aliphatic rings. The van der Waals surface area contributed by atoms with Crippen LogP contribution in [-0.4, -0.2) is 18.0 Å². The average molecular weight is 440 g/mol. The monoisotopic (exact) mass is 440 g/mol. The van der Waals surface area contributed by atoms with Crippen LogP contribution in [0.1, 0.15) is 23.8 Å². The Morgan fingerprint density at radius 1 is 0.969 bits per heavy atom. The maximum atomic E-state index is 12.9. The first-order valence-electron chi connectivity index (χ1n) is 9.76. The van der Waals surface area contributed by atoms with E-state index >= 15 is 0 Å². The van der Waals surface area contributed by atoms with Crippen molar-refractivity contribution in [3.05, 3.63) is 77.1 Å². The molecule has 0 bridgehead atoms. The van der Waals surface area contributed by atoms with E-state index in [1.54, 1.807) is 25.1 Å². The van der Waals surface area contributed by atoms with Gasteiger partial charge in [-0.05, 0) is 86.5 Å². The van der Waals surface area contributed by atoms with Gasteiger partial charge in [0.15, 0.2) is 0 Å². The van der Waals surface area contributed by atoms with Crippen LogP contribution < -0.4 is 9.75 Å². The molecule has 0 spiro atoms. The molecule has 0 saturated heterocycles. The van der Waals surface area contributed by atoms with E-state index in [0.29, 0.717) is 34.1 Å². The molecule has 0 saturated carbocycles. The van der Waals surface area contributed by atoms with Crippen molar-refractivity contribution in [1.82, 2.24) is 0 Å². The summed E-state index contributed by atoms with van der Waals surface area (Å²) in [6.45, 7) is 5.71. The SMILES string of the molecule is CC1=NN(c2ccc(C)c(C)c2)C(=O)/C1=C/c1ccc(-c2ccc(OC(F)(F)F)cc2)o1. The second-order valence-electron chi connectivity index (χ2n) is 7.40. The molecule has 8 heteroatoms. The number of hydrogen-bond acceptors (Lipinski definition) is 4. The smallest absolute Gasteiger partial charge is 0.457 e. The van der Waals surface area contributed by atoms with Crippen molar-refractivity contribution >= 4 is 23.4 Å². The largest absolute Gasteiger partial charge is 0.573 e. The van der Waals surface area contributed by atoms with Crippen LogP contribution in [0.25, 0.3) is 17.4 Å². The van der Waals surface area contributed by atoms with E-state index in [1.807, 2.05) is 32.0 Å². The fourth-order valence-electron chi connectivity index (χ4n) is 3.27. The van der Waals surface area contributed by atoms with Gasteiger partial charge in [0.05, 0.1) is 17.0 Å². The van der Waals surface area contributed by atoms with Gasteiger partial charge in [-0.3, -0.25) is 4.79 Å². The molecule has 0 unspecified atom stereocenters. The first-order valence-corrected chi connectivity index (χ1v) is 9.76. The van der Waals surface area contributed by atoms with Gasteiger partial charge in [-0.25, -0.2) is 0 Å². The number of amides is 1. The van der Waals surface area contributed by atoms with Crippen molar-refractivity contribution in [1.29, 1.82) is 0 Å². The quantitative estimate of drug-likeness (QED) is 0.450. The number of carbonyl (C=O) groups is 1. The van der Waals surface area contributed by atoms with Crippen LogP contribution in [0.3, 0.4) is 0 Å². The number of alkyl halides is 3. The summed E-state index contributed by atoms with van der Waals surface area (Å²) in [5.41, 5.74) is 4.39. The van der Waals surface area contributed by atoms with Crippen LogP contribution in [-0.2, 0) is 4.79 Å². The normalized spacial score (nSPS) is 15.4. The summed E-state index contributed by atoms with van der Waals surface area (Å²) in [4.78, 5) is 12.9. The molecule has 2 aromatic carbocycles. The highest BCUT2D eigenvalue weighted by atomic mass is 19.4. The van der Waals surface area contributed by atoms with Crippen LogP contribution in [0.4, 0.5) is 18.9 Å². The van der Waals surface area contributed by atoms with Crippen LogP contribution in [0, 0.1) is 13.8 Å². The first kappa shape index (κ1) is 21.4. The molecule has 0 aliphatic carbocycles. The highest BCUT2D eigenvalue weighted by Crippen LogP contribution is 2.30. The Morgan fingerprint density at radius 2 is 1.69 bits per heavy atom. The molecule has 4 rings (SSSR count). The highest BCUT2D eigenvalue weighted by Gasteiger charge is 2.31. The third-order valence-corrected chi connectivity index (χ3v) is 5.08. The number of aryl methyl sites for hydroxylation is 2. The summed E-state index contributed by atoms with van der Waals surface area (Å²) in [5, 5.41) is 5.73. The topological polar surface area (TPSA) is 55.0 Å². The van der Waals surface area contributed by atoms with E-state index in [0.717, 1.165) is 11.1 Å². The minimum Gasteiger partial charge on any atom is -0.457 e. The number of halogens is 3. The summed E-state index contributed by atoms with van der Waals surface area (Å²) >= 11 is 0. The molecule has 0 radical (unpaired) electrons. The number of hydrazone groups is 1. The molecular weight excluding hydrogens is 421 g/mol. The Labute approximate surface area is 182 Å². The van der Waals surface area contributed by atoms with Crippen molar-refractivity contribution in [2.45, 2.75) is 27.1 Å². The van der Waals surface area contributed by atoms with Crippen molar-refractivity contribution in [3.63, 3.8) is 0 Å². The highest BCUT2D eigenvalue weighted by molar-refractivity contribution is 6.32. The van der Waals surface area contributed by atoms with Gasteiger partial charge in [-0.2, -0.15) is 10.1 Å². The van der Waals surface area contributed by atoms with Crippen molar-refractivity contribution in [2.75, 3.05) is 5.01 Å². The van der Waals surface area contributed by atoms with E-state index in [-0.39, 0.29) is 11.7 Å². The summed E-state index contributed by atoms with van der Waals surface area (Å²) in [7, 11) is 0. The Morgan fingerprint density at radius 3 is 2.34 bits per heavy atom. The zero-order chi connectivity index (χ0) is 23.0. The van der Waals surface area contributed by atoms with E-state index in [4.69, 9.17) is 4.42 Å². The molecule has 0 N–H and O–H groups in total. The molecule has 1 aromatic heterocycles. The fraction of sp³-hybridized carbons (Fsp3) is 0.167. The average Bonchev–Trinajstić information content (AvgIpc) is 3.30. The van der Waals surface area contributed by atoms with Gasteiger partial charge in [-0.1, -0.05) is 6.07 Å². The van der Waals surface area contributed by atoms with E-state index < -0.39 is 6.36 Å². The van der Waals surface area contributed by atoms with E-state index in [2.05, 4.69) is 9.84 Å². The number of furan rings is 1. The number of carbonyl (C=O) groups excluding carboxylic acids is 1. The second-order valence-corrected chi connectivity index (χ2v) is 7.40. The van der Waals surface area contributed by atoms with Crippen LogP contribution >= 0.6 is 0 Å². The molecule has 5 nitrogen and oxygen atoms in total. The predicted octanol–water partition coefficient (Wildman–Crippen LogP) is 6.27. The second kappa shape index (κ2) is 8.03. The van der Waals surface area contributed by atoms with Gasteiger partial charge in [0, 0.05) is 5.56 Å². The minimum absolute atomic E-state index is 0.266. The molecule has 2 heterocycles. The predicted molar refractivity (Wildman–Crippen MR) is 115 cm³/mol. The number of rotatable bonds is 4. The van der Waals surface area contributed by atoms with Crippen molar-refractivity contribution in [3.8, 4) is 17.1 Å².